The largest absolute Gasteiger partial charge is 0.385 e. The summed E-state index contributed by atoms with van der Waals surface area (Å²) in [5.74, 6) is 0. The van der Waals surface area contributed by atoms with Crippen LogP contribution in [-0.4, -0.2) is 29.6 Å². The average Bonchev–Trinajstić information content (AvgIpc) is 2.63. The van der Waals surface area contributed by atoms with Crippen molar-refractivity contribution in [3.8, 4) is 11.1 Å². The lowest BCUT2D eigenvalue weighted by Crippen LogP contribution is -2.32. The molecule has 2 nitrogen and oxygen atoms in total. The first kappa shape index (κ1) is 17.2. The maximum Gasteiger partial charge on any atom is 0.0875 e. The van der Waals surface area contributed by atoms with Crippen molar-refractivity contribution >= 4 is 0 Å². The fourth-order valence-electron chi connectivity index (χ4n) is 3.79. The summed E-state index contributed by atoms with van der Waals surface area (Å²) in [5.41, 5.74) is 2.56. The molecular weight excluding hydrogens is 294 g/mol. The van der Waals surface area contributed by atoms with Gasteiger partial charge in [0, 0.05) is 0 Å². The van der Waals surface area contributed by atoms with Gasteiger partial charge in [0.25, 0.3) is 0 Å². The summed E-state index contributed by atoms with van der Waals surface area (Å²) in [5, 5.41) is 11.1. The van der Waals surface area contributed by atoms with Gasteiger partial charge in [0.05, 0.1) is 5.60 Å². The maximum atomic E-state index is 11.1. The first-order valence-corrected chi connectivity index (χ1v) is 9.26. The Kier molecular flexibility index (Phi) is 5.70. The van der Waals surface area contributed by atoms with Crippen LogP contribution in [0, 0.1) is 0 Å². The lowest BCUT2D eigenvalue weighted by Gasteiger charge is -2.30. The van der Waals surface area contributed by atoms with Gasteiger partial charge >= 0.3 is 0 Å². The van der Waals surface area contributed by atoms with Crippen molar-refractivity contribution in [2.45, 2.75) is 44.6 Å². The molecule has 0 bridgehead atoms. The smallest absolute Gasteiger partial charge is 0.0875 e. The third-order valence-corrected chi connectivity index (χ3v) is 5.18. The SMILES string of the molecule is CC(O)(CCCN1CCCCC1)c1ccccc1-c1ccccc1. The van der Waals surface area contributed by atoms with Crippen LogP contribution in [0.25, 0.3) is 11.1 Å². The minimum Gasteiger partial charge on any atom is -0.385 e. The van der Waals surface area contributed by atoms with Crippen LogP contribution in [0.2, 0.25) is 0 Å². The molecule has 0 aromatic heterocycles. The van der Waals surface area contributed by atoms with E-state index in [9.17, 15) is 5.11 Å². The van der Waals surface area contributed by atoms with Crippen molar-refractivity contribution in [2.24, 2.45) is 0 Å². The molecule has 3 rings (SSSR count). The van der Waals surface area contributed by atoms with E-state index in [1.165, 1.54) is 37.9 Å². The van der Waals surface area contributed by atoms with Gasteiger partial charge in [0.15, 0.2) is 0 Å². The van der Waals surface area contributed by atoms with Gasteiger partial charge in [0.1, 0.15) is 0 Å². The van der Waals surface area contributed by atoms with E-state index in [-0.39, 0.29) is 0 Å². The van der Waals surface area contributed by atoms with E-state index in [1.54, 1.807) is 0 Å². The third kappa shape index (κ3) is 4.25. The number of hydrogen-bond donors (Lipinski definition) is 1. The van der Waals surface area contributed by atoms with Gasteiger partial charge in [-0.15, -0.1) is 0 Å². The predicted molar refractivity (Wildman–Crippen MR) is 101 cm³/mol. The molecule has 1 atom stereocenters. The summed E-state index contributed by atoms with van der Waals surface area (Å²) >= 11 is 0. The van der Waals surface area contributed by atoms with E-state index < -0.39 is 5.60 Å². The molecule has 1 aliphatic rings. The number of nitrogens with zero attached hydrogens (tertiary/aromatic N) is 1. The maximum absolute atomic E-state index is 11.1. The Morgan fingerprint density at radius 3 is 2.33 bits per heavy atom. The van der Waals surface area contributed by atoms with E-state index in [2.05, 4.69) is 47.4 Å². The molecule has 0 spiro atoms. The van der Waals surface area contributed by atoms with E-state index in [0.29, 0.717) is 0 Å². The second-order valence-corrected chi connectivity index (χ2v) is 7.19. The van der Waals surface area contributed by atoms with Crippen LogP contribution < -0.4 is 0 Å². The van der Waals surface area contributed by atoms with Gasteiger partial charge in [-0.25, -0.2) is 0 Å². The number of piperidine rings is 1. The summed E-state index contributed by atoms with van der Waals surface area (Å²) in [6.07, 6.45) is 5.86. The fraction of sp³-hybridized carbons (Fsp3) is 0.455. The second-order valence-electron chi connectivity index (χ2n) is 7.19. The molecule has 1 fully saturated rings. The van der Waals surface area contributed by atoms with Gasteiger partial charge < -0.3 is 10.0 Å². The molecule has 0 amide bonds. The summed E-state index contributed by atoms with van der Waals surface area (Å²) in [6, 6.07) is 18.6. The second kappa shape index (κ2) is 7.96. The third-order valence-electron chi connectivity index (χ3n) is 5.18. The van der Waals surface area contributed by atoms with E-state index >= 15 is 0 Å². The zero-order valence-corrected chi connectivity index (χ0v) is 14.7. The van der Waals surface area contributed by atoms with Crippen molar-refractivity contribution in [2.75, 3.05) is 19.6 Å². The van der Waals surface area contributed by atoms with Crippen LogP contribution in [0.1, 0.15) is 44.6 Å². The quantitative estimate of drug-likeness (QED) is 0.823. The Bertz CT molecular complexity index is 629. The molecule has 2 aromatic rings. The standard InChI is InChI=1S/C22H29NO/c1-22(24,15-10-18-23-16-8-3-9-17-23)21-14-7-6-13-20(21)19-11-4-2-5-12-19/h2,4-7,11-14,24H,3,8-10,15-18H2,1H3. The molecule has 1 unspecified atom stereocenters. The van der Waals surface area contributed by atoms with Crippen molar-refractivity contribution in [1.82, 2.24) is 4.90 Å². The highest BCUT2D eigenvalue weighted by molar-refractivity contribution is 5.68. The summed E-state index contributed by atoms with van der Waals surface area (Å²) in [4.78, 5) is 2.54. The monoisotopic (exact) mass is 323 g/mol. The molecule has 1 heterocycles. The van der Waals surface area contributed by atoms with E-state index in [4.69, 9.17) is 0 Å². The van der Waals surface area contributed by atoms with Crippen molar-refractivity contribution in [1.29, 1.82) is 0 Å². The van der Waals surface area contributed by atoms with E-state index in [0.717, 1.165) is 30.5 Å². The fourth-order valence-corrected chi connectivity index (χ4v) is 3.79. The molecule has 0 aliphatic carbocycles. The molecule has 1 aliphatic heterocycles. The molecule has 128 valence electrons. The van der Waals surface area contributed by atoms with Gasteiger partial charge in [-0.2, -0.15) is 0 Å². The zero-order chi connectivity index (χ0) is 16.8. The predicted octanol–water partition coefficient (Wildman–Crippen LogP) is 4.83. The number of aliphatic hydroxyl groups is 1. The normalized spacial score (nSPS) is 18.2. The highest BCUT2D eigenvalue weighted by Crippen LogP contribution is 2.34. The number of benzene rings is 2. The molecule has 1 saturated heterocycles. The Balaban J connectivity index is 1.70. The Hall–Kier alpha value is -1.64. The number of rotatable bonds is 6. The molecule has 2 heteroatoms. The lowest BCUT2D eigenvalue weighted by atomic mass is 9.85. The molecule has 1 N–H and O–H groups in total. The van der Waals surface area contributed by atoms with Crippen LogP contribution >= 0.6 is 0 Å². The van der Waals surface area contributed by atoms with Gasteiger partial charge in [0.2, 0.25) is 0 Å². The summed E-state index contributed by atoms with van der Waals surface area (Å²) < 4.78 is 0. The topological polar surface area (TPSA) is 23.5 Å². The summed E-state index contributed by atoms with van der Waals surface area (Å²) in [7, 11) is 0. The number of likely N-dealkylation sites (tertiary alicyclic amines) is 1. The Labute approximate surface area is 146 Å². The van der Waals surface area contributed by atoms with Crippen molar-refractivity contribution < 1.29 is 5.11 Å². The Morgan fingerprint density at radius 2 is 1.58 bits per heavy atom. The van der Waals surface area contributed by atoms with E-state index in [1.807, 2.05) is 19.1 Å². The van der Waals surface area contributed by atoms with Crippen LogP contribution in [0.4, 0.5) is 0 Å². The first-order chi connectivity index (χ1) is 11.7. The highest BCUT2D eigenvalue weighted by Gasteiger charge is 2.26. The zero-order valence-electron chi connectivity index (χ0n) is 14.7. The number of hydrogen-bond acceptors (Lipinski definition) is 2. The lowest BCUT2D eigenvalue weighted by molar-refractivity contribution is 0.0422. The minimum absolute atomic E-state index is 0.789. The highest BCUT2D eigenvalue weighted by atomic mass is 16.3. The van der Waals surface area contributed by atoms with Crippen molar-refractivity contribution in [3.05, 3.63) is 60.2 Å². The molecule has 0 radical (unpaired) electrons. The van der Waals surface area contributed by atoms with Crippen LogP contribution in [0.3, 0.4) is 0 Å². The molecule has 2 aromatic carbocycles. The van der Waals surface area contributed by atoms with Crippen LogP contribution in [0.5, 0.6) is 0 Å². The first-order valence-electron chi connectivity index (χ1n) is 9.26. The Morgan fingerprint density at radius 1 is 0.917 bits per heavy atom. The molecule has 24 heavy (non-hydrogen) atoms. The summed E-state index contributed by atoms with van der Waals surface area (Å²) in [6.45, 7) is 5.51. The minimum atomic E-state index is -0.789. The van der Waals surface area contributed by atoms with Crippen LogP contribution in [0.15, 0.2) is 54.6 Å². The van der Waals surface area contributed by atoms with Crippen molar-refractivity contribution in [3.63, 3.8) is 0 Å². The average molecular weight is 323 g/mol. The molecule has 0 saturated carbocycles. The van der Waals surface area contributed by atoms with Crippen LogP contribution in [-0.2, 0) is 5.60 Å². The van der Waals surface area contributed by atoms with Gasteiger partial charge in [-0.1, -0.05) is 61.0 Å². The van der Waals surface area contributed by atoms with Gasteiger partial charge in [-0.05, 0) is 68.9 Å². The molecular formula is C22H29NO. The van der Waals surface area contributed by atoms with Gasteiger partial charge in [-0.3, -0.25) is 0 Å².